The van der Waals surface area contributed by atoms with E-state index in [2.05, 4.69) is 24.9 Å². The van der Waals surface area contributed by atoms with Gasteiger partial charge in [0.1, 0.15) is 5.15 Å². The predicted molar refractivity (Wildman–Crippen MR) is 68.3 cm³/mol. The van der Waals surface area contributed by atoms with Gasteiger partial charge in [0.2, 0.25) is 5.03 Å². The fourth-order valence-corrected chi connectivity index (χ4v) is 2.62. The number of hydrogen-bond donors (Lipinski definition) is 1. The summed E-state index contributed by atoms with van der Waals surface area (Å²) in [5.74, 6) is -0.121. The molecule has 0 atom stereocenters. The van der Waals surface area contributed by atoms with Gasteiger partial charge in [-0.1, -0.05) is 11.6 Å². The van der Waals surface area contributed by atoms with Crippen LogP contribution in [0, 0.1) is 13.8 Å². The maximum atomic E-state index is 12.1. The molecule has 0 saturated carbocycles. The maximum Gasteiger partial charge on any atom is 0.284 e. The quantitative estimate of drug-likeness (QED) is 0.894. The van der Waals surface area contributed by atoms with Crippen molar-refractivity contribution >= 4 is 27.6 Å². The Bertz CT molecular complexity index is 726. The van der Waals surface area contributed by atoms with E-state index in [0.29, 0.717) is 11.4 Å². The summed E-state index contributed by atoms with van der Waals surface area (Å²) in [5.41, 5.74) is 1.21. The SMILES string of the molecule is Cc1nnc(NS(=O)(=O)c2ncn(C)c2Cl)nc1C. The van der Waals surface area contributed by atoms with Crippen LogP contribution in [0.4, 0.5) is 5.95 Å². The lowest BCUT2D eigenvalue weighted by atomic mass is 10.4. The van der Waals surface area contributed by atoms with Gasteiger partial charge in [-0.3, -0.25) is 0 Å². The van der Waals surface area contributed by atoms with Crippen LogP contribution in [0.5, 0.6) is 0 Å². The molecule has 0 aromatic carbocycles. The Kier molecular flexibility index (Phi) is 3.42. The number of anilines is 1. The molecule has 2 aromatic rings. The molecular weight excluding hydrogens is 292 g/mol. The molecule has 0 unspecified atom stereocenters. The van der Waals surface area contributed by atoms with E-state index in [1.807, 2.05) is 0 Å². The Hall–Kier alpha value is -1.74. The first kappa shape index (κ1) is 13.7. The summed E-state index contributed by atoms with van der Waals surface area (Å²) in [6, 6.07) is 0. The van der Waals surface area contributed by atoms with Crippen LogP contribution in [0.3, 0.4) is 0 Å². The molecule has 0 aliphatic rings. The van der Waals surface area contributed by atoms with Crippen molar-refractivity contribution in [3.05, 3.63) is 22.9 Å². The zero-order valence-electron chi connectivity index (χ0n) is 10.4. The zero-order valence-corrected chi connectivity index (χ0v) is 12.0. The van der Waals surface area contributed by atoms with Gasteiger partial charge in [0, 0.05) is 7.05 Å². The monoisotopic (exact) mass is 302 g/mol. The Morgan fingerprint density at radius 3 is 2.47 bits per heavy atom. The topological polar surface area (TPSA) is 103 Å². The third-order valence-electron chi connectivity index (χ3n) is 2.41. The summed E-state index contributed by atoms with van der Waals surface area (Å²) < 4.78 is 27.7. The van der Waals surface area contributed by atoms with E-state index in [-0.39, 0.29) is 16.1 Å². The fraction of sp³-hybridized carbons (Fsp3) is 0.333. The van der Waals surface area contributed by atoms with Crippen molar-refractivity contribution < 1.29 is 8.42 Å². The van der Waals surface area contributed by atoms with Crippen molar-refractivity contribution in [2.24, 2.45) is 7.05 Å². The normalized spacial score (nSPS) is 11.6. The minimum Gasteiger partial charge on any atom is -0.324 e. The van der Waals surface area contributed by atoms with E-state index >= 15 is 0 Å². The molecule has 0 radical (unpaired) electrons. The smallest absolute Gasteiger partial charge is 0.284 e. The highest BCUT2D eigenvalue weighted by atomic mass is 35.5. The summed E-state index contributed by atoms with van der Waals surface area (Å²) in [4.78, 5) is 7.71. The third kappa shape index (κ3) is 2.66. The lowest BCUT2D eigenvalue weighted by Crippen LogP contribution is -2.17. The molecule has 0 amide bonds. The lowest BCUT2D eigenvalue weighted by Gasteiger charge is -2.05. The molecule has 0 bridgehead atoms. The van der Waals surface area contributed by atoms with E-state index in [1.54, 1.807) is 20.9 Å². The maximum absolute atomic E-state index is 12.1. The second-order valence-corrected chi connectivity index (χ2v) is 5.82. The number of nitrogens with zero attached hydrogens (tertiary/aromatic N) is 5. The number of aryl methyl sites for hydroxylation is 3. The first-order chi connectivity index (χ1) is 8.81. The van der Waals surface area contributed by atoms with E-state index < -0.39 is 10.0 Å². The molecule has 0 spiro atoms. The third-order valence-corrected chi connectivity index (χ3v) is 4.22. The molecule has 8 nitrogen and oxygen atoms in total. The lowest BCUT2D eigenvalue weighted by molar-refractivity contribution is 0.597. The van der Waals surface area contributed by atoms with E-state index in [4.69, 9.17) is 11.6 Å². The van der Waals surface area contributed by atoms with Gasteiger partial charge >= 0.3 is 0 Å². The standard InChI is InChI=1S/C9H11ClN6O2S/c1-5-6(2)13-14-9(12-5)15-19(17,18)8-7(10)16(3)4-11-8/h4H,1-3H3,(H,12,14,15). The summed E-state index contributed by atoms with van der Waals surface area (Å²) in [5, 5.41) is 7.17. The number of imidazole rings is 1. The van der Waals surface area contributed by atoms with Gasteiger partial charge in [0.15, 0.2) is 0 Å². The first-order valence-electron chi connectivity index (χ1n) is 5.19. The van der Waals surface area contributed by atoms with Gasteiger partial charge in [-0.05, 0) is 13.8 Å². The second-order valence-electron chi connectivity index (χ2n) is 3.86. The molecule has 0 aliphatic heterocycles. The Morgan fingerprint density at radius 2 is 1.95 bits per heavy atom. The van der Waals surface area contributed by atoms with Gasteiger partial charge in [-0.15, -0.1) is 5.10 Å². The molecule has 0 aliphatic carbocycles. The summed E-state index contributed by atoms with van der Waals surface area (Å²) >= 11 is 5.84. The van der Waals surface area contributed by atoms with Crippen LogP contribution in [0.2, 0.25) is 5.15 Å². The van der Waals surface area contributed by atoms with Gasteiger partial charge < -0.3 is 4.57 Å². The van der Waals surface area contributed by atoms with Gasteiger partial charge in [0.05, 0.1) is 17.7 Å². The minimum absolute atomic E-state index is 0.00397. The molecule has 2 heterocycles. The molecule has 102 valence electrons. The van der Waals surface area contributed by atoms with Crippen molar-refractivity contribution in [1.82, 2.24) is 24.7 Å². The largest absolute Gasteiger partial charge is 0.324 e. The van der Waals surface area contributed by atoms with Crippen LogP contribution >= 0.6 is 11.6 Å². The Labute approximate surface area is 114 Å². The number of rotatable bonds is 3. The van der Waals surface area contributed by atoms with Crippen molar-refractivity contribution in [1.29, 1.82) is 0 Å². The van der Waals surface area contributed by atoms with Crippen LogP contribution in [0.1, 0.15) is 11.4 Å². The molecule has 1 N–H and O–H groups in total. The summed E-state index contributed by atoms with van der Waals surface area (Å²) in [7, 11) is -2.35. The summed E-state index contributed by atoms with van der Waals surface area (Å²) in [6.45, 7) is 3.43. The van der Waals surface area contributed by atoms with E-state index in [0.717, 1.165) is 0 Å². The highest BCUT2D eigenvalue weighted by Gasteiger charge is 2.23. The average molecular weight is 303 g/mol. The van der Waals surface area contributed by atoms with Crippen molar-refractivity contribution in [2.45, 2.75) is 18.9 Å². The molecule has 0 fully saturated rings. The number of sulfonamides is 1. The van der Waals surface area contributed by atoms with Crippen molar-refractivity contribution in [3.63, 3.8) is 0 Å². The first-order valence-corrected chi connectivity index (χ1v) is 7.05. The molecule has 0 saturated heterocycles. The summed E-state index contributed by atoms with van der Waals surface area (Å²) in [6.07, 6.45) is 1.30. The number of aromatic nitrogens is 5. The molecular formula is C9H11ClN6O2S. The highest BCUT2D eigenvalue weighted by Crippen LogP contribution is 2.20. The second kappa shape index (κ2) is 4.74. The average Bonchev–Trinajstić information content (AvgIpc) is 2.65. The van der Waals surface area contributed by atoms with Crippen LogP contribution in [0.25, 0.3) is 0 Å². The van der Waals surface area contributed by atoms with Gasteiger partial charge in [-0.25, -0.2) is 14.7 Å². The number of nitrogens with one attached hydrogen (secondary N) is 1. The Balaban J connectivity index is 2.36. The van der Waals surface area contributed by atoms with Crippen molar-refractivity contribution in [3.8, 4) is 0 Å². The molecule has 10 heteroatoms. The zero-order chi connectivity index (χ0) is 14.2. The Morgan fingerprint density at radius 1 is 1.26 bits per heavy atom. The molecule has 19 heavy (non-hydrogen) atoms. The van der Waals surface area contributed by atoms with E-state index in [1.165, 1.54) is 10.9 Å². The molecule has 2 aromatic heterocycles. The van der Waals surface area contributed by atoms with Crippen LogP contribution in [0.15, 0.2) is 11.4 Å². The van der Waals surface area contributed by atoms with Crippen LogP contribution < -0.4 is 4.72 Å². The van der Waals surface area contributed by atoms with Gasteiger partial charge in [0.25, 0.3) is 16.0 Å². The van der Waals surface area contributed by atoms with Crippen LogP contribution in [-0.2, 0) is 17.1 Å². The number of halogens is 1. The van der Waals surface area contributed by atoms with Crippen LogP contribution in [-0.4, -0.2) is 33.2 Å². The molecule has 2 rings (SSSR count). The van der Waals surface area contributed by atoms with Crippen molar-refractivity contribution in [2.75, 3.05) is 4.72 Å². The van der Waals surface area contributed by atoms with E-state index in [9.17, 15) is 8.42 Å². The number of hydrogen-bond acceptors (Lipinski definition) is 6. The minimum atomic E-state index is -3.93. The van der Waals surface area contributed by atoms with Gasteiger partial charge in [-0.2, -0.15) is 13.5 Å². The predicted octanol–water partition coefficient (Wildman–Crippen LogP) is 0.676. The highest BCUT2D eigenvalue weighted by molar-refractivity contribution is 7.92. The fourth-order valence-electron chi connectivity index (χ4n) is 1.24.